The maximum absolute atomic E-state index is 6.62. The Bertz CT molecular complexity index is 831. The van der Waals surface area contributed by atoms with Gasteiger partial charge in [-0.15, -0.1) is 0 Å². The Morgan fingerprint density at radius 2 is 1.88 bits per heavy atom. The maximum atomic E-state index is 6.62. The van der Waals surface area contributed by atoms with Crippen LogP contribution in [0.2, 0.25) is 10.0 Å². The highest BCUT2D eigenvalue weighted by Gasteiger charge is 2.37. The number of rotatable bonds is 3. The van der Waals surface area contributed by atoms with Gasteiger partial charge in [-0.3, -0.25) is 4.90 Å². The third-order valence-corrected chi connectivity index (χ3v) is 6.37. The highest BCUT2D eigenvalue weighted by Crippen LogP contribution is 2.44. The molecule has 2 heterocycles. The summed E-state index contributed by atoms with van der Waals surface area (Å²) in [4.78, 5) is 4.93. The standard InChI is InChI=1S/C21H22Cl2N2O/c22-14-9-17-18(11-25(15-5-6-15)12-19(17)20(23)10-14)16-3-1-2-4-21(16)24-7-8-26-13-24/h1-4,9-10,15,18H,5-8,11-13H2/t18-/m0/s1. The Morgan fingerprint density at radius 1 is 1.04 bits per heavy atom. The van der Waals surface area contributed by atoms with Crippen molar-refractivity contribution in [3.8, 4) is 0 Å². The van der Waals surface area contributed by atoms with Gasteiger partial charge in [-0.2, -0.15) is 0 Å². The van der Waals surface area contributed by atoms with Gasteiger partial charge in [-0.05, 0) is 47.7 Å². The molecule has 2 fully saturated rings. The van der Waals surface area contributed by atoms with Crippen LogP contribution in [0.5, 0.6) is 0 Å². The van der Waals surface area contributed by atoms with Gasteiger partial charge in [0.2, 0.25) is 0 Å². The molecule has 3 aliphatic rings. The van der Waals surface area contributed by atoms with E-state index in [4.69, 9.17) is 27.9 Å². The lowest BCUT2D eigenvalue weighted by atomic mass is 9.83. The van der Waals surface area contributed by atoms with Gasteiger partial charge < -0.3 is 9.64 Å². The molecule has 0 radical (unpaired) electrons. The molecule has 0 amide bonds. The second-order valence-electron chi connectivity index (χ2n) is 7.53. The van der Waals surface area contributed by atoms with Crippen molar-refractivity contribution in [2.75, 3.05) is 31.3 Å². The zero-order chi connectivity index (χ0) is 17.7. The van der Waals surface area contributed by atoms with Crippen LogP contribution < -0.4 is 4.90 Å². The van der Waals surface area contributed by atoms with Gasteiger partial charge in [-0.25, -0.2) is 0 Å². The van der Waals surface area contributed by atoms with Gasteiger partial charge in [0.25, 0.3) is 0 Å². The predicted octanol–water partition coefficient (Wildman–Crippen LogP) is 4.90. The van der Waals surface area contributed by atoms with Crippen LogP contribution in [0.3, 0.4) is 0 Å². The normalized spacial score (nSPS) is 23.3. The Morgan fingerprint density at radius 3 is 2.65 bits per heavy atom. The first kappa shape index (κ1) is 16.9. The van der Waals surface area contributed by atoms with Crippen molar-refractivity contribution in [3.63, 3.8) is 0 Å². The minimum Gasteiger partial charge on any atom is -0.359 e. The molecule has 0 unspecified atom stereocenters. The van der Waals surface area contributed by atoms with E-state index in [2.05, 4.69) is 40.1 Å². The molecule has 0 N–H and O–H groups in total. The number of halogens is 2. The molecular weight excluding hydrogens is 367 g/mol. The number of hydrogen-bond acceptors (Lipinski definition) is 3. The van der Waals surface area contributed by atoms with Gasteiger partial charge >= 0.3 is 0 Å². The summed E-state index contributed by atoms with van der Waals surface area (Å²) >= 11 is 13.0. The van der Waals surface area contributed by atoms with Crippen LogP contribution in [0.1, 0.15) is 35.4 Å². The van der Waals surface area contributed by atoms with Gasteiger partial charge in [0.1, 0.15) is 6.73 Å². The number of para-hydroxylation sites is 1. The molecule has 26 heavy (non-hydrogen) atoms. The van der Waals surface area contributed by atoms with Crippen LogP contribution in [0.15, 0.2) is 36.4 Å². The number of benzene rings is 2. The molecule has 136 valence electrons. The molecule has 1 atom stereocenters. The monoisotopic (exact) mass is 388 g/mol. The number of anilines is 1. The van der Waals surface area contributed by atoms with Crippen molar-refractivity contribution in [2.24, 2.45) is 0 Å². The molecule has 5 heteroatoms. The largest absolute Gasteiger partial charge is 0.359 e. The van der Waals surface area contributed by atoms with E-state index < -0.39 is 0 Å². The average molecular weight is 389 g/mol. The van der Waals surface area contributed by atoms with Crippen molar-refractivity contribution in [1.82, 2.24) is 4.90 Å². The molecule has 1 saturated carbocycles. The Hall–Kier alpha value is -1.26. The fourth-order valence-electron chi connectivity index (χ4n) is 4.36. The summed E-state index contributed by atoms with van der Waals surface area (Å²) in [5.41, 5.74) is 5.15. The first-order valence-electron chi connectivity index (χ1n) is 9.34. The minimum atomic E-state index is 0.285. The van der Waals surface area contributed by atoms with E-state index in [1.165, 1.54) is 35.2 Å². The van der Waals surface area contributed by atoms with E-state index >= 15 is 0 Å². The second-order valence-corrected chi connectivity index (χ2v) is 8.37. The molecular formula is C21H22Cl2N2O. The van der Waals surface area contributed by atoms with Crippen LogP contribution in [-0.4, -0.2) is 37.4 Å². The number of ether oxygens (including phenoxy) is 1. The number of hydrogen-bond donors (Lipinski definition) is 0. The van der Waals surface area contributed by atoms with E-state index in [0.29, 0.717) is 12.8 Å². The quantitative estimate of drug-likeness (QED) is 0.743. The lowest BCUT2D eigenvalue weighted by Gasteiger charge is -2.37. The summed E-state index contributed by atoms with van der Waals surface area (Å²) in [5.74, 6) is 0.285. The topological polar surface area (TPSA) is 15.7 Å². The molecule has 2 aromatic rings. The minimum absolute atomic E-state index is 0.285. The third-order valence-electron chi connectivity index (χ3n) is 5.82. The third kappa shape index (κ3) is 3.01. The summed E-state index contributed by atoms with van der Waals surface area (Å²) in [6, 6.07) is 13.4. The maximum Gasteiger partial charge on any atom is 0.119 e. The van der Waals surface area contributed by atoms with E-state index in [0.717, 1.165) is 36.3 Å². The van der Waals surface area contributed by atoms with Crippen LogP contribution >= 0.6 is 23.2 Å². The van der Waals surface area contributed by atoms with E-state index in [9.17, 15) is 0 Å². The van der Waals surface area contributed by atoms with Crippen LogP contribution in [0.4, 0.5) is 5.69 Å². The molecule has 0 spiro atoms. The summed E-state index contributed by atoms with van der Waals surface area (Å²) in [6.07, 6.45) is 2.60. The molecule has 0 aromatic heterocycles. The average Bonchev–Trinajstić information content (AvgIpc) is 3.35. The first-order chi connectivity index (χ1) is 12.7. The molecule has 1 aliphatic carbocycles. The summed E-state index contributed by atoms with van der Waals surface area (Å²) < 4.78 is 5.60. The van der Waals surface area contributed by atoms with Gasteiger partial charge in [0.05, 0.1) is 6.61 Å². The Kier molecular flexibility index (Phi) is 4.36. The molecule has 2 aliphatic heterocycles. The lowest BCUT2D eigenvalue weighted by Crippen LogP contribution is -2.36. The van der Waals surface area contributed by atoms with Gasteiger partial charge in [0.15, 0.2) is 0 Å². The molecule has 5 rings (SSSR count). The molecule has 3 nitrogen and oxygen atoms in total. The Labute approximate surface area is 164 Å². The highest BCUT2D eigenvalue weighted by atomic mass is 35.5. The van der Waals surface area contributed by atoms with Gasteiger partial charge in [0, 0.05) is 47.3 Å². The van der Waals surface area contributed by atoms with Crippen molar-refractivity contribution in [2.45, 2.75) is 31.3 Å². The van der Waals surface area contributed by atoms with Crippen molar-refractivity contribution in [3.05, 3.63) is 63.1 Å². The van der Waals surface area contributed by atoms with Crippen LogP contribution in [0.25, 0.3) is 0 Å². The molecule has 0 bridgehead atoms. The second kappa shape index (κ2) is 6.72. The van der Waals surface area contributed by atoms with Gasteiger partial charge in [-0.1, -0.05) is 41.4 Å². The fourth-order valence-corrected chi connectivity index (χ4v) is 4.93. The summed E-state index contributed by atoms with van der Waals surface area (Å²) in [5, 5.41) is 1.52. The first-order valence-corrected chi connectivity index (χ1v) is 10.1. The van der Waals surface area contributed by atoms with Crippen molar-refractivity contribution < 1.29 is 4.74 Å². The van der Waals surface area contributed by atoms with Crippen molar-refractivity contribution >= 4 is 28.9 Å². The smallest absolute Gasteiger partial charge is 0.119 e. The highest BCUT2D eigenvalue weighted by molar-refractivity contribution is 6.35. The van der Waals surface area contributed by atoms with Crippen LogP contribution in [0, 0.1) is 0 Å². The number of fused-ring (bicyclic) bond motifs is 1. The van der Waals surface area contributed by atoms with E-state index in [-0.39, 0.29) is 5.92 Å². The number of nitrogens with zero attached hydrogens (tertiary/aromatic N) is 2. The summed E-state index contributed by atoms with van der Waals surface area (Å²) in [6.45, 7) is 4.36. The SMILES string of the molecule is Clc1cc(Cl)c2c(c1)[C@H](c1ccccc1N1CCOC1)CN(C1CC1)C2. The van der Waals surface area contributed by atoms with Crippen LogP contribution in [-0.2, 0) is 11.3 Å². The zero-order valence-electron chi connectivity index (χ0n) is 14.6. The molecule has 2 aromatic carbocycles. The lowest BCUT2D eigenvalue weighted by molar-refractivity contribution is 0.201. The Balaban J connectivity index is 1.62. The van der Waals surface area contributed by atoms with E-state index in [1.807, 2.05) is 6.07 Å². The zero-order valence-corrected chi connectivity index (χ0v) is 16.1. The van der Waals surface area contributed by atoms with Crippen molar-refractivity contribution in [1.29, 1.82) is 0 Å². The fraction of sp³-hybridized carbons (Fsp3) is 0.429. The summed E-state index contributed by atoms with van der Waals surface area (Å²) in [7, 11) is 0. The molecule has 1 saturated heterocycles. The predicted molar refractivity (Wildman–Crippen MR) is 106 cm³/mol. The van der Waals surface area contributed by atoms with E-state index in [1.54, 1.807) is 0 Å².